The SMILES string of the molecule is CCCC1CCC(c2cc(F)c(C3=Cc4cc(Cl)c(C#N)cc4C3)c(F)c2)CC1. The van der Waals surface area contributed by atoms with Crippen molar-refractivity contribution in [2.45, 2.75) is 57.8 Å². The summed E-state index contributed by atoms with van der Waals surface area (Å²) in [4.78, 5) is 0. The second kappa shape index (κ2) is 8.28. The Morgan fingerprint density at radius 1 is 1.07 bits per heavy atom. The first-order valence-electron chi connectivity index (χ1n) is 10.4. The average molecular weight is 412 g/mol. The number of hydrogen-bond acceptors (Lipinski definition) is 1. The number of halogens is 3. The normalized spacial score (nSPS) is 20.9. The molecule has 0 radical (unpaired) electrons. The van der Waals surface area contributed by atoms with Crippen molar-refractivity contribution in [3.63, 3.8) is 0 Å². The lowest BCUT2D eigenvalue weighted by atomic mass is 9.77. The fraction of sp³-hybridized carbons (Fsp3) is 0.400. The van der Waals surface area contributed by atoms with Gasteiger partial charge in [-0.2, -0.15) is 5.26 Å². The number of fused-ring (bicyclic) bond motifs is 1. The van der Waals surface area contributed by atoms with E-state index in [1.165, 1.54) is 25.0 Å². The summed E-state index contributed by atoms with van der Waals surface area (Å²) in [5.74, 6) is 0.00748. The minimum absolute atomic E-state index is 0.0410. The van der Waals surface area contributed by atoms with Gasteiger partial charge in [0.05, 0.1) is 10.6 Å². The Morgan fingerprint density at radius 3 is 2.38 bits per heavy atom. The van der Waals surface area contributed by atoms with E-state index in [9.17, 15) is 0 Å². The summed E-state index contributed by atoms with van der Waals surface area (Å²) in [5.41, 5.74) is 3.50. The molecule has 150 valence electrons. The van der Waals surface area contributed by atoms with Gasteiger partial charge in [-0.3, -0.25) is 0 Å². The first-order chi connectivity index (χ1) is 14.0. The molecule has 0 spiro atoms. The third-order valence-corrected chi connectivity index (χ3v) is 6.77. The van der Waals surface area contributed by atoms with Crippen molar-refractivity contribution in [1.29, 1.82) is 5.26 Å². The van der Waals surface area contributed by atoms with Crippen LogP contribution in [0.2, 0.25) is 5.02 Å². The van der Waals surface area contributed by atoms with Gasteiger partial charge >= 0.3 is 0 Å². The van der Waals surface area contributed by atoms with Gasteiger partial charge in [0.15, 0.2) is 0 Å². The summed E-state index contributed by atoms with van der Waals surface area (Å²) in [5, 5.41) is 9.51. The van der Waals surface area contributed by atoms with Crippen molar-refractivity contribution in [2.75, 3.05) is 0 Å². The molecule has 0 bridgehead atoms. The van der Waals surface area contributed by atoms with Crippen LogP contribution in [0, 0.1) is 28.9 Å². The first-order valence-corrected chi connectivity index (χ1v) is 10.8. The average Bonchev–Trinajstić information content (AvgIpc) is 3.09. The Bertz CT molecular complexity index is 987. The van der Waals surface area contributed by atoms with Gasteiger partial charge < -0.3 is 0 Å². The van der Waals surface area contributed by atoms with Gasteiger partial charge in [0, 0.05) is 5.56 Å². The molecule has 2 aromatic rings. The molecule has 0 amide bonds. The summed E-state index contributed by atoms with van der Waals surface area (Å²) < 4.78 is 30.0. The summed E-state index contributed by atoms with van der Waals surface area (Å²) in [6, 6.07) is 8.52. The fourth-order valence-corrected chi connectivity index (χ4v) is 5.15. The van der Waals surface area contributed by atoms with Crippen molar-refractivity contribution in [2.24, 2.45) is 5.92 Å². The fourth-order valence-electron chi connectivity index (χ4n) is 4.94. The monoisotopic (exact) mass is 411 g/mol. The van der Waals surface area contributed by atoms with E-state index >= 15 is 8.78 Å². The van der Waals surface area contributed by atoms with Gasteiger partial charge in [0.25, 0.3) is 0 Å². The van der Waals surface area contributed by atoms with Gasteiger partial charge in [-0.05, 0) is 90.5 Å². The van der Waals surface area contributed by atoms with E-state index < -0.39 is 11.6 Å². The largest absolute Gasteiger partial charge is 0.206 e. The van der Waals surface area contributed by atoms with Gasteiger partial charge in [-0.1, -0.05) is 37.4 Å². The van der Waals surface area contributed by atoms with Gasteiger partial charge in [0.1, 0.15) is 17.7 Å². The summed E-state index contributed by atoms with van der Waals surface area (Å²) >= 11 is 6.10. The third-order valence-electron chi connectivity index (χ3n) is 6.46. The zero-order valence-electron chi connectivity index (χ0n) is 16.6. The van der Waals surface area contributed by atoms with Crippen molar-refractivity contribution in [3.8, 4) is 6.07 Å². The maximum Gasteiger partial charge on any atom is 0.133 e. The molecule has 29 heavy (non-hydrogen) atoms. The number of nitriles is 1. The van der Waals surface area contributed by atoms with E-state index in [-0.39, 0.29) is 11.5 Å². The number of rotatable bonds is 4. The molecule has 0 unspecified atom stereocenters. The quantitative estimate of drug-likeness (QED) is 0.506. The van der Waals surface area contributed by atoms with E-state index in [1.54, 1.807) is 18.2 Å². The maximum atomic E-state index is 15.0. The van der Waals surface area contributed by atoms with E-state index in [4.69, 9.17) is 16.9 Å². The standard InChI is InChI=1S/C25H24ClF2N/c1-2-3-15-4-6-16(7-5-15)19-12-23(27)25(24(28)13-19)20-8-17-10-21(14-29)22(26)11-18(17)9-20/h9-13,15-16H,2-8H2,1H3. The van der Waals surface area contributed by atoms with Crippen LogP contribution in [0.1, 0.15) is 79.2 Å². The molecular formula is C25H24ClF2N. The number of benzene rings is 2. The van der Waals surface area contributed by atoms with Crippen LogP contribution in [0.4, 0.5) is 8.78 Å². The van der Waals surface area contributed by atoms with Gasteiger partial charge in [-0.25, -0.2) is 8.78 Å². The summed E-state index contributed by atoms with van der Waals surface area (Å²) in [6.07, 6.45) is 8.93. The molecule has 0 saturated heterocycles. The predicted molar refractivity (Wildman–Crippen MR) is 114 cm³/mol. The Labute approximate surface area is 176 Å². The molecule has 4 heteroatoms. The summed E-state index contributed by atoms with van der Waals surface area (Å²) in [7, 11) is 0. The Hall–Kier alpha value is -2.18. The van der Waals surface area contributed by atoms with E-state index in [2.05, 4.69) is 13.0 Å². The molecule has 1 nitrogen and oxygen atoms in total. The van der Waals surface area contributed by atoms with Crippen LogP contribution >= 0.6 is 11.6 Å². The lowest BCUT2D eigenvalue weighted by Gasteiger charge is -2.29. The second-order valence-electron chi connectivity index (χ2n) is 8.35. The smallest absolute Gasteiger partial charge is 0.133 e. The minimum atomic E-state index is -0.499. The van der Waals surface area contributed by atoms with Crippen LogP contribution in [0.5, 0.6) is 0 Å². The molecule has 0 atom stereocenters. The van der Waals surface area contributed by atoms with E-state index in [0.717, 1.165) is 48.3 Å². The molecule has 2 aromatic carbocycles. The zero-order valence-corrected chi connectivity index (χ0v) is 17.3. The van der Waals surface area contributed by atoms with E-state index in [1.807, 2.05) is 0 Å². The zero-order chi connectivity index (χ0) is 20.5. The lowest BCUT2D eigenvalue weighted by molar-refractivity contribution is 0.307. The van der Waals surface area contributed by atoms with Crippen LogP contribution in [-0.4, -0.2) is 0 Å². The number of allylic oxidation sites excluding steroid dienone is 1. The highest BCUT2D eigenvalue weighted by molar-refractivity contribution is 6.32. The number of nitrogens with zero attached hydrogens (tertiary/aromatic N) is 1. The highest BCUT2D eigenvalue weighted by Gasteiger charge is 2.26. The van der Waals surface area contributed by atoms with Crippen LogP contribution in [0.15, 0.2) is 24.3 Å². The van der Waals surface area contributed by atoms with Crippen LogP contribution in [-0.2, 0) is 6.42 Å². The Morgan fingerprint density at radius 2 is 1.76 bits per heavy atom. The van der Waals surface area contributed by atoms with Crippen molar-refractivity contribution in [3.05, 3.63) is 68.7 Å². The molecule has 2 aliphatic carbocycles. The highest BCUT2D eigenvalue weighted by atomic mass is 35.5. The topological polar surface area (TPSA) is 23.8 Å². The Balaban J connectivity index is 1.57. The molecule has 1 fully saturated rings. The first kappa shape index (κ1) is 20.1. The van der Waals surface area contributed by atoms with Gasteiger partial charge in [0.2, 0.25) is 0 Å². The van der Waals surface area contributed by atoms with Crippen molar-refractivity contribution < 1.29 is 8.78 Å². The van der Waals surface area contributed by atoms with Crippen LogP contribution < -0.4 is 0 Å². The minimum Gasteiger partial charge on any atom is -0.206 e. The molecule has 0 aliphatic heterocycles. The number of hydrogen-bond donors (Lipinski definition) is 0. The molecule has 4 rings (SSSR count). The van der Waals surface area contributed by atoms with Crippen molar-refractivity contribution in [1.82, 2.24) is 0 Å². The molecule has 0 aromatic heterocycles. The summed E-state index contributed by atoms with van der Waals surface area (Å²) in [6.45, 7) is 2.21. The van der Waals surface area contributed by atoms with Crippen LogP contribution in [0.25, 0.3) is 11.6 Å². The molecule has 0 N–H and O–H groups in total. The molecule has 1 saturated carbocycles. The maximum absolute atomic E-state index is 15.0. The Kier molecular flexibility index (Phi) is 5.74. The molecular weight excluding hydrogens is 388 g/mol. The third kappa shape index (κ3) is 3.96. The molecule has 0 heterocycles. The second-order valence-corrected chi connectivity index (χ2v) is 8.76. The predicted octanol–water partition coefficient (Wildman–Crippen LogP) is 7.66. The van der Waals surface area contributed by atoms with Crippen molar-refractivity contribution >= 4 is 23.3 Å². The van der Waals surface area contributed by atoms with E-state index in [0.29, 0.717) is 22.6 Å². The lowest BCUT2D eigenvalue weighted by Crippen LogP contribution is -2.14. The van der Waals surface area contributed by atoms with Gasteiger partial charge in [-0.15, -0.1) is 0 Å². The molecule has 2 aliphatic rings. The van der Waals surface area contributed by atoms with Crippen LogP contribution in [0.3, 0.4) is 0 Å². The highest BCUT2D eigenvalue weighted by Crippen LogP contribution is 2.41.